The van der Waals surface area contributed by atoms with Crippen LogP contribution in [0.25, 0.3) is 33.9 Å². The van der Waals surface area contributed by atoms with Crippen molar-refractivity contribution in [2.24, 2.45) is 7.05 Å². The van der Waals surface area contributed by atoms with Gasteiger partial charge in [0.1, 0.15) is 17.3 Å². The van der Waals surface area contributed by atoms with Crippen LogP contribution in [0.5, 0.6) is 0 Å². The van der Waals surface area contributed by atoms with Gasteiger partial charge in [0, 0.05) is 24.6 Å². The number of aromatic nitrogens is 5. The molecule has 0 aliphatic carbocycles. The van der Waals surface area contributed by atoms with Gasteiger partial charge in [-0.3, -0.25) is 4.68 Å². The molecule has 0 amide bonds. The zero-order valence-electron chi connectivity index (χ0n) is 17.8. The van der Waals surface area contributed by atoms with Gasteiger partial charge in [0.15, 0.2) is 5.82 Å². The van der Waals surface area contributed by atoms with Crippen LogP contribution in [-0.4, -0.2) is 24.7 Å². The van der Waals surface area contributed by atoms with Gasteiger partial charge < -0.3 is 4.42 Å². The molecular weight excluding hydrogens is 386 g/mol. The topological polar surface area (TPSA) is 69.6 Å². The highest BCUT2D eigenvalue weighted by molar-refractivity contribution is 5.79. The lowest BCUT2D eigenvalue weighted by Gasteiger charge is -2.11. The summed E-state index contributed by atoms with van der Waals surface area (Å²) >= 11 is 0. The average Bonchev–Trinajstić information content (AvgIpc) is 3.43. The van der Waals surface area contributed by atoms with Crippen LogP contribution >= 0.6 is 0 Å². The average molecular weight is 409 g/mol. The summed E-state index contributed by atoms with van der Waals surface area (Å²) in [7, 11) is 1.93. The molecule has 3 aromatic heterocycles. The standard InChI is InChI=1S/C25H23N5O/c1-16(2)19-6-4-5-7-20(19)24-27-15-22-23(28-24)21(29-30(22)3)14-17-8-10-18(11-9-17)25-26-12-13-31-25/h4-13,15-16H,14H2,1-3H3. The molecule has 0 unspecified atom stereocenters. The van der Waals surface area contributed by atoms with Crippen molar-refractivity contribution in [1.82, 2.24) is 24.7 Å². The highest BCUT2D eigenvalue weighted by Crippen LogP contribution is 2.29. The molecule has 5 aromatic rings. The van der Waals surface area contributed by atoms with Crippen LogP contribution < -0.4 is 0 Å². The minimum absolute atomic E-state index is 0.394. The van der Waals surface area contributed by atoms with Gasteiger partial charge in [0.25, 0.3) is 0 Å². The molecule has 0 aliphatic heterocycles. The van der Waals surface area contributed by atoms with Crippen molar-refractivity contribution in [2.75, 3.05) is 0 Å². The fourth-order valence-corrected chi connectivity index (χ4v) is 3.88. The van der Waals surface area contributed by atoms with Crippen molar-refractivity contribution >= 4 is 11.0 Å². The van der Waals surface area contributed by atoms with Crippen LogP contribution in [0.15, 0.2) is 71.6 Å². The van der Waals surface area contributed by atoms with Gasteiger partial charge >= 0.3 is 0 Å². The van der Waals surface area contributed by atoms with Crippen molar-refractivity contribution in [3.05, 3.63) is 84.0 Å². The maximum absolute atomic E-state index is 5.38. The van der Waals surface area contributed by atoms with Crippen molar-refractivity contribution in [3.63, 3.8) is 0 Å². The highest BCUT2D eigenvalue weighted by Gasteiger charge is 2.16. The second-order valence-corrected chi connectivity index (χ2v) is 7.95. The van der Waals surface area contributed by atoms with Crippen LogP contribution in [-0.2, 0) is 13.5 Å². The number of benzene rings is 2. The summed E-state index contributed by atoms with van der Waals surface area (Å²) in [6.07, 6.45) is 5.79. The largest absolute Gasteiger partial charge is 0.445 e. The Balaban J connectivity index is 1.52. The molecule has 0 fully saturated rings. The number of nitrogens with zero attached hydrogens (tertiary/aromatic N) is 5. The Labute approximate surface area is 180 Å². The highest BCUT2D eigenvalue weighted by atomic mass is 16.3. The van der Waals surface area contributed by atoms with E-state index in [2.05, 4.69) is 54.1 Å². The van der Waals surface area contributed by atoms with E-state index >= 15 is 0 Å². The SMILES string of the molecule is CC(C)c1ccccc1-c1ncc2c(n1)c(Cc1ccc(-c3ncco3)cc1)nn2C. The summed E-state index contributed by atoms with van der Waals surface area (Å²) < 4.78 is 7.23. The van der Waals surface area contributed by atoms with Gasteiger partial charge in [-0.15, -0.1) is 0 Å². The lowest BCUT2D eigenvalue weighted by Crippen LogP contribution is -1.97. The summed E-state index contributed by atoms with van der Waals surface area (Å²) in [6, 6.07) is 16.5. The van der Waals surface area contributed by atoms with Gasteiger partial charge in [0.2, 0.25) is 5.89 Å². The Morgan fingerprint density at radius 3 is 2.55 bits per heavy atom. The third-order valence-corrected chi connectivity index (χ3v) is 5.49. The number of hydrogen-bond donors (Lipinski definition) is 0. The van der Waals surface area contributed by atoms with Crippen molar-refractivity contribution in [3.8, 4) is 22.8 Å². The van der Waals surface area contributed by atoms with Crippen molar-refractivity contribution in [2.45, 2.75) is 26.2 Å². The first-order valence-electron chi connectivity index (χ1n) is 10.4. The molecule has 0 aliphatic rings. The van der Waals surface area contributed by atoms with Crippen LogP contribution in [0.4, 0.5) is 0 Å². The molecule has 2 aromatic carbocycles. The maximum Gasteiger partial charge on any atom is 0.225 e. The van der Waals surface area contributed by atoms with Crippen molar-refractivity contribution < 1.29 is 4.42 Å². The van der Waals surface area contributed by atoms with E-state index in [1.165, 1.54) is 5.56 Å². The van der Waals surface area contributed by atoms with Gasteiger partial charge in [-0.25, -0.2) is 15.0 Å². The Morgan fingerprint density at radius 1 is 1.00 bits per heavy atom. The van der Waals surface area contributed by atoms with Crippen LogP contribution in [0, 0.1) is 0 Å². The molecule has 0 saturated carbocycles. The minimum Gasteiger partial charge on any atom is -0.445 e. The van der Waals surface area contributed by atoms with Crippen molar-refractivity contribution in [1.29, 1.82) is 0 Å². The Hall–Kier alpha value is -3.80. The molecular formula is C25H23N5O. The van der Waals surface area contributed by atoms with Crippen LogP contribution in [0.3, 0.4) is 0 Å². The number of rotatable bonds is 5. The number of fused-ring (bicyclic) bond motifs is 1. The normalized spacial score (nSPS) is 11.5. The molecule has 31 heavy (non-hydrogen) atoms. The Kier molecular flexibility index (Phi) is 4.82. The van der Waals surface area contributed by atoms with Gasteiger partial charge in [0.05, 0.1) is 18.1 Å². The Bertz CT molecular complexity index is 1330. The van der Waals surface area contributed by atoms with Gasteiger partial charge in [-0.1, -0.05) is 50.2 Å². The smallest absolute Gasteiger partial charge is 0.225 e. The number of oxazole rings is 1. The molecule has 6 heteroatoms. The Morgan fingerprint density at radius 2 is 1.81 bits per heavy atom. The van der Waals surface area contributed by atoms with Crippen LogP contribution in [0.2, 0.25) is 0 Å². The van der Waals surface area contributed by atoms with E-state index in [0.717, 1.165) is 39.2 Å². The van der Waals surface area contributed by atoms with Crippen LogP contribution in [0.1, 0.15) is 36.6 Å². The third kappa shape index (κ3) is 3.61. The van der Waals surface area contributed by atoms with Gasteiger partial charge in [-0.2, -0.15) is 5.10 Å². The first-order chi connectivity index (χ1) is 15.1. The zero-order valence-corrected chi connectivity index (χ0v) is 17.8. The van der Waals surface area contributed by atoms with E-state index in [1.54, 1.807) is 12.5 Å². The molecule has 0 bridgehead atoms. The summed E-state index contributed by atoms with van der Waals surface area (Å²) in [4.78, 5) is 13.8. The van der Waals surface area contributed by atoms with E-state index < -0.39 is 0 Å². The summed E-state index contributed by atoms with van der Waals surface area (Å²) in [5.74, 6) is 1.76. The zero-order chi connectivity index (χ0) is 21.4. The molecule has 6 nitrogen and oxygen atoms in total. The fraction of sp³-hybridized carbons (Fsp3) is 0.200. The minimum atomic E-state index is 0.394. The monoisotopic (exact) mass is 409 g/mol. The van der Waals surface area contributed by atoms with E-state index in [0.29, 0.717) is 18.2 Å². The molecule has 154 valence electrons. The second-order valence-electron chi connectivity index (χ2n) is 7.95. The third-order valence-electron chi connectivity index (χ3n) is 5.49. The lowest BCUT2D eigenvalue weighted by molar-refractivity contribution is 0.574. The first kappa shape index (κ1) is 19.2. The fourth-order valence-electron chi connectivity index (χ4n) is 3.88. The molecule has 3 heterocycles. The number of hydrogen-bond acceptors (Lipinski definition) is 5. The summed E-state index contributed by atoms with van der Waals surface area (Å²) in [6.45, 7) is 4.38. The molecule has 0 saturated heterocycles. The maximum atomic E-state index is 5.38. The molecule has 0 atom stereocenters. The molecule has 0 radical (unpaired) electrons. The summed E-state index contributed by atoms with van der Waals surface area (Å²) in [5.41, 5.74) is 7.18. The molecule has 0 N–H and O–H groups in total. The molecule has 5 rings (SSSR count). The second kappa shape index (κ2) is 7.80. The number of aryl methyl sites for hydroxylation is 1. The van der Waals surface area contributed by atoms with E-state index in [1.807, 2.05) is 36.1 Å². The predicted molar refractivity (Wildman–Crippen MR) is 121 cm³/mol. The quantitative estimate of drug-likeness (QED) is 0.389. The van der Waals surface area contributed by atoms with E-state index in [-0.39, 0.29) is 0 Å². The predicted octanol–water partition coefficient (Wildman–Crippen LogP) is 5.40. The first-order valence-corrected chi connectivity index (χ1v) is 10.4. The molecule has 0 spiro atoms. The lowest BCUT2D eigenvalue weighted by atomic mass is 9.97. The van der Waals surface area contributed by atoms with Gasteiger partial charge in [-0.05, 0) is 29.2 Å². The van der Waals surface area contributed by atoms with E-state index in [9.17, 15) is 0 Å². The van der Waals surface area contributed by atoms with E-state index in [4.69, 9.17) is 14.5 Å². The summed E-state index contributed by atoms with van der Waals surface area (Å²) in [5, 5.41) is 4.73.